The Kier molecular flexibility index (Phi) is 5.18. The zero-order chi connectivity index (χ0) is 8.40. The van der Waals surface area contributed by atoms with Gasteiger partial charge in [0.2, 0.25) is 0 Å². The van der Waals surface area contributed by atoms with E-state index < -0.39 is 45.9 Å². The second kappa shape index (κ2) is 4.80. The predicted molar refractivity (Wildman–Crippen MR) is 44.1 cm³/mol. The third kappa shape index (κ3) is 2.71. The van der Waals surface area contributed by atoms with Gasteiger partial charge < -0.3 is 37.9 Å². The maximum absolute atomic E-state index is 10.1. The SMILES string of the molecule is O.O.O.O=P12[O][Al]([O]1)[O]2.O=P12[O][Al]([O]1)[O]2. The third-order valence-corrected chi connectivity index (χ3v) is 11.6. The normalized spacial score (nSPS) is 27.5. The minimum atomic E-state index is -2.76. The van der Waals surface area contributed by atoms with Crippen molar-refractivity contribution in [1.82, 2.24) is 0 Å². The van der Waals surface area contributed by atoms with Crippen LogP contribution in [-0.4, -0.2) is 46.7 Å². The zero-order valence-corrected chi connectivity index (χ0v) is 10.9. The van der Waals surface area contributed by atoms with E-state index >= 15 is 0 Å². The van der Waals surface area contributed by atoms with Crippen molar-refractivity contribution < 1.29 is 47.0 Å². The topological polar surface area (TPSA) is 184 Å². The molecule has 0 saturated carbocycles. The van der Waals surface area contributed by atoms with Crippen LogP contribution in [0.15, 0.2) is 0 Å². The predicted octanol–water partition coefficient (Wildman–Crippen LogP) is -2.16. The molecule has 0 radical (unpaired) electrons. The molecule has 0 aromatic heterocycles. The molecule has 0 amide bonds. The van der Waals surface area contributed by atoms with Crippen LogP contribution in [0.5, 0.6) is 0 Å². The smallest absolute Gasteiger partial charge is 0.412 e. The van der Waals surface area contributed by atoms with Gasteiger partial charge >= 0.3 is 45.9 Å². The Labute approximate surface area is 93.1 Å². The van der Waals surface area contributed by atoms with Gasteiger partial charge in [-0.2, -0.15) is 0 Å². The minimum absolute atomic E-state index is 0. The second-order valence-electron chi connectivity index (χ2n) is 2.10. The van der Waals surface area contributed by atoms with Gasteiger partial charge in [-0.05, 0) is 0 Å². The lowest BCUT2D eigenvalue weighted by atomic mass is 15.5. The van der Waals surface area contributed by atoms with Crippen LogP contribution >= 0.6 is 15.6 Å². The Balaban J connectivity index is 0.000000218. The first-order chi connectivity index (χ1) is 5.57. The van der Waals surface area contributed by atoms with E-state index in [1.165, 1.54) is 0 Å². The van der Waals surface area contributed by atoms with Gasteiger partial charge in [0.05, 0.1) is 0 Å². The van der Waals surface area contributed by atoms with Crippen LogP contribution in [0.2, 0.25) is 0 Å². The van der Waals surface area contributed by atoms with Gasteiger partial charge in [0.25, 0.3) is 0 Å². The summed E-state index contributed by atoms with van der Waals surface area (Å²) in [6, 6.07) is 0. The molecule has 6 saturated heterocycles. The number of rotatable bonds is 0. The summed E-state index contributed by atoms with van der Waals surface area (Å²) in [6.45, 7) is 0. The van der Waals surface area contributed by atoms with Crippen molar-refractivity contribution in [2.75, 3.05) is 0 Å². The fraction of sp³-hybridized carbons (Fsp3) is 0. The van der Waals surface area contributed by atoms with E-state index in [9.17, 15) is 9.13 Å². The van der Waals surface area contributed by atoms with Crippen LogP contribution in [-0.2, 0) is 30.6 Å². The highest BCUT2D eigenvalue weighted by molar-refractivity contribution is 7.61. The van der Waals surface area contributed by atoms with Crippen LogP contribution in [0.4, 0.5) is 0 Å². The highest BCUT2D eigenvalue weighted by Gasteiger charge is 2.72. The van der Waals surface area contributed by atoms with Gasteiger partial charge in [-0.3, -0.25) is 0 Å². The van der Waals surface area contributed by atoms with Crippen molar-refractivity contribution in [1.29, 1.82) is 0 Å². The molecular formula is H6Al2O11P2. The molecule has 6 aliphatic heterocycles. The quantitative estimate of drug-likeness (QED) is 0.357. The van der Waals surface area contributed by atoms with E-state index in [1.807, 2.05) is 0 Å². The van der Waals surface area contributed by atoms with Gasteiger partial charge in [-0.15, -0.1) is 0 Å². The van der Waals surface area contributed by atoms with Crippen LogP contribution in [0.3, 0.4) is 0 Å². The lowest BCUT2D eigenvalue weighted by molar-refractivity contribution is 0.0633. The van der Waals surface area contributed by atoms with E-state index in [4.69, 9.17) is 0 Å². The molecule has 0 aromatic rings. The summed E-state index contributed by atoms with van der Waals surface area (Å²) in [4.78, 5) is 0. The summed E-state index contributed by atoms with van der Waals surface area (Å²) in [5, 5.41) is 0. The average Bonchev–Trinajstić information content (AvgIpc) is 1.74. The van der Waals surface area contributed by atoms with Gasteiger partial charge in [0.1, 0.15) is 0 Å². The average molecular weight is 298 g/mol. The molecule has 11 nitrogen and oxygen atoms in total. The lowest BCUT2D eigenvalue weighted by Crippen LogP contribution is -2.47. The fourth-order valence-corrected chi connectivity index (χ4v) is 6.12. The van der Waals surface area contributed by atoms with Crippen molar-refractivity contribution in [3.8, 4) is 0 Å². The Hall–Kier alpha value is 1.16. The van der Waals surface area contributed by atoms with Crippen LogP contribution < -0.4 is 0 Å². The van der Waals surface area contributed by atoms with E-state index in [0.29, 0.717) is 0 Å². The first-order valence-corrected chi connectivity index (χ1v) is 8.62. The third-order valence-electron chi connectivity index (χ3n) is 1.29. The molecule has 88 valence electrons. The molecule has 6 aliphatic rings. The lowest BCUT2D eigenvalue weighted by Gasteiger charge is -2.42. The first-order valence-electron chi connectivity index (χ1n) is 2.87. The van der Waals surface area contributed by atoms with Crippen LogP contribution in [0.25, 0.3) is 0 Å². The molecule has 4 bridgehead atoms. The van der Waals surface area contributed by atoms with Gasteiger partial charge in [0, 0.05) is 0 Å². The Morgan fingerprint density at radius 3 is 0.733 bits per heavy atom. The highest BCUT2D eigenvalue weighted by Crippen LogP contribution is 2.71. The zero-order valence-electron chi connectivity index (χ0n) is 6.82. The molecule has 15 heteroatoms. The van der Waals surface area contributed by atoms with Crippen LogP contribution in [0.1, 0.15) is 0 Å². The number of hydrogen-bond donors (Lipinski definition) is 0. The monoisotopic (exact) mass is 298 g/mol. The molecule has 0 spiro atoms. The fourth-order valence-electron chi connectivity index (χ4n) is 0.680. The van der Waals surface area contributed by atoms with Crippen LogP contribution in [0, 0.1) is 0 Å². The maximum atomic E-state index is 10.1. The summed E-state index contributed by atoms with van der Waals surface area (Å²) >= 11 is -3.31. The summed E-state index contributed by atoms with van der Waals surface area (Å²) in [5.41, 5.74) is 0. The van der Waals surface area contributed by atoms with E-state index in [1.54, 1.807) is 0 Å². The molecule has 0 aromatic carbocycles. The highest BCUT2D eigenvalue weighted by atomic mass is 31.2. The summed E-state index contributed by atoms with van der Waals surface area (Å²) in [7, 11) is -5.52. The molecule has 0 aliphatic carbocycles. The Bertz CT molecular complexity index is 245. The molecule has 6 rings (SSSR count). The summed E-state index contributed by atoms with van der Waals surface area (Å²) < 4.78 is 47.0. The molecule has 15 heavy (non-hydrogen) atoms. The van der Waals surface area contributed by atoms with E-state index in [0.717, 1.165) is 0 Å². The largest absolute Gasteiger partial charge is 0.931 e. The maximum Gasteiger partial charge on any atom is 0.931 e. The number of phosphoric acid groups is 2. The van der Waals surface area contributed by atoms with E-state index in [-0.39, 0.29) is 16.4 Å². The van der Waals surface area contributed by atoms with Crippen molar-refractivity contribution in [2.24, 2.45) is 0 Å². The molecule has 6 N–H and O–H groups in total. The van der Waals surface area contributed by atoms with Gasteiger partial charge in [-0.25, -0.2) is 9.13 Å². The Morgan fingerprint density at radius 2 is 0.733 bits per heavy atom. The molecule has 6 heterocycles. The van der Waals surface area contributed by atoms with Crippen molar-refractivity contribution in [3.05, 3.63) is 0 Å². The number of hydrogen-bond acceptors (Lipinski definition) is 8. The Morgan fingerprint density at radius 1 is 0.600 bits per heavy atom. The summed E-state index contributed by atoms with van der Waals surface area (Å²) in [5.74, 6) is 0. The van der Waals surface area contributed by atoms with Crippen molar-refractivity contribution in [2.45, 2.75) is 0 Å². The molecular weight excluding hydrogens is 292 g/mol. The van der Waals surface area contributed by atoms with E-state index in [2.05, 4.69) is 21.5 Å². The second-order valence-corrected chi connectivity index (χ2v) is 10.1. The summed E-state index contributed by atoms with van der Waals surface area (Å²) in [6.07, 6.45) is 0. The minimum Gasteiger partial charge on any atom is -0.412 e. The molecule has 0 unspecified atom stereocenters. The van der Waals surface area contributed by atoms with Crippen molar-refractivity contribution in [3.63, 3.8) is 0 Å². The molecule has 0 atom stereocenters. The molecule has 6 fully saturated rings. The van der Waals surface area contributed by atoms with Crippen molar-refractivity contribution >= 4 is 45.9 Å². The standard InChI is InChI=1S/2Al.2H3O4P.3H2O/c;;2*1-5(2,3)4;;;/h;;2*(H3,1,2,3,4);3*1H2/q2*+3;;;;;/p-6. The van der Waals surface area contributed by atoms with Gasteiger partial charge in [-0.1, -0.05) is 0 Å². The first kappa shape index (κ1) is 16.2. The van der Waals surface area contributed by atoms with Gasteiger partial charge in [0.15, 0.2) is 0 Å².